The molecule has 0 bridgehead atoms. The summed E-state index contributed by atoms with van der Waals surface area (Å²) in [7, 11) is 6.18. The van der Waals surface area contributed by atoms with Gasteiger partial charge in [0.1, 0.15) is 5.82 Å². The number of hydrogen-bond donors (Lipinski definition) is 1. The van der Waals surface area contributed by atoms with Crippen LogP contribution in [0.1, 0.15) is 17.4 Å². The lowest BCUT2D eigenvalue weighted by Crippen LogP contribution is -2.31. The highest BCUT2D eigenvalue weighted by Gasteiger charge is 2.13. The summed E-state index contributed by atoms with van der Waals surface area (Å²) in [6, 6.07) is 8.34. The number of aromatic nitrogens is 2. The molecule has 0 radical (unpaired) electrons. The van der Waals surface area contributed by atoms with Gasteiger partial charge in [-0.2, -0.15) is 0 Å². The van der Waals surface area contributed by atoms with E-state index in [1.54, 1.807) is 0 Å². The van der Waals surface area contributed by atoms with Crippen molar-refractivity contribution in [1.29, 1.82) is 0 Å². The van der Waals surface area contributed by atoms with Crippen LogP contribution in [0.4, 0.5) is 0 Å². The molecule has 0 aliphatic rings. The Morgan fingerprint density at radius 2 is 2.00 bits per heavy atom. The Balaban J connectivity index is 1.96. The van der Waals surface area contributed by atoms with E-state index in [1.165, 1.54) is 5.56 Å². The minimum atomic E-state index is 0.313. The van der Waals surface area contributed by atoms with Crippen LogP contribution in [0.3, 0.4) is 0 Å². The number of nitrogens with zero attached hydrogens (tertiary/aromatic N) is 3. The predicted molar refractivity (Wildman–Crippen MR) is 82.8 cm³/mol. The normalized spacial score (nSPS) is 12.8. The summed E-state index contributed by atoms with van der Waals surface area (Å²) in [5.74, 6) is 1.04. The molecule has 0 fully saturated rings. The van der Waals surface area contributed by atoms with Crippen LogP contribution in [0.5, 0.6) is 0 Å². The molecule has 4 nitrogen and oxygen atoms in total. The molecule has 5 heteroatoms. The maximum absolute atomic E-state index is 5.94. The van der Waals surface area contributed by atoms with E-state index in [1.807, 2.05) is 36.1 Å². The number of hydrogen-bond acceptors (Lipinski definition) is 3. The smallest absolute Gasteiger partial charge is 0.122 e. The predicted octanol–water partition coefficient (Wildman–Crippen LogP) is 2.47. The van der Waals surface area contributed by atoms with Crippen molar-refractivity contribution in [3.63, 3.8) is 0 Å². The van der Waals surface area contributed by atoms with Crippen molar-refractivity contribution < 1.29 is 0 Å². The molecule has 20 heavy (non-hydrogen) atoms. The monoisotopic (exact) mass is 292 g/mol. The summed E-state index contributed by atoms with van der Waals surface area (Å²) in [4.78, 5) is 6.51. The van der Waals surface area contributed by atoms with E-state index in [0.717, 1.165) is 23.9 Å². The van der Waals surface area contributed by atoms with Crippen LogP contribution in [0.2, 0.25) is 5.02 Å². The fourth-order valence-corrected chi connectivity index (χ4v) is 2.30. The number of aryl methyl sites for hydroxylation is 1. The van der Waals surface area contributed by atoms with Crippen molar-refractivity contribution >= 4 is 11.6 Å². The van der Waals surface area contributed by atoms with Crippen molar-refractivity contribution in [2.45, 2.75) is 12.6 Å². The molecule has 1 aromatic heterocycles. The van der Waals surface area contributed by atoms with E-state index in [4.69, 9.17) is 11.6 Å². The van der Waals surface area contributed by atoms with Crippen LogP contribution >= 0.6 is 11.6 Å². The van der Waals surface area contributed by atoms with Crippen molar-refractivity contribution in [2.24, 2.45) is 7.05 Å². The van der Waals surface area contributed by atoms with E-state index in [-0.39, 0.29) is 0 Å². The van der Waals surface area contributed by atoms with Crippen molar-refractivity contribution in [3.8, 4) is 0 Å². The van der Waals surface area contributed by atoms with Gasteiger partial charge in [-0.25, -0.2) is 4.98 Å². The Kier molecular flexibility index (Phi) is 5.17. The molecule has 1 N–H and O–H groups in total. The van der Waals surface area contributed by atoms with Crippen LogP contribution in [0.15, 0.2) is 36.7 Å². The lowest BCUT2D eigenvalue weighted by molar-refractivity contribution is 0.287. The van der Waals surface area contributed by atoms with E-state index in [2.05, 4.69) is 41.4 Å². The first-order chi connectivity index (χ1) is 9.58. The maximum atomic E-state index is 5.94. The Morgan fingerprint density at radius 1 is 1.30 bits per heavy atom. The standard InChI is InChI=1S/C15H21ClN4/c1-19(2)14(12-4-6-13(16)7-5-12)10-17-11-15-18-8-9-20(15)3/h4-9,14,17H,10-11H2,1-3H3/t14-/m0/s1. The molecule has 0 aliphatic heterocycles. The fourth-order valence-electron chi connectivity index (χ4n) is 2.17. The first-order valence-electron chi connectivity index (χ1n) is 6.66. The molecule has 1 aromatic carbocycles. The third-order valence-corrected chi connectivity index (χ3v) is 3.67. The van der Waals surface area contributed by atoms with Gasteiger partial charge >= 0.3 is 0 Å². The van der Waals surface area contributed by atoms with Crippen LogP contribution in [-0.2, 0) is 13.6 Å². The van der Waals surface area contributed by atoms with Gasteiger partial charge in [0.15, 0.2) is 0 Å². The highest BCUT2D eigenvalue weighted by molar-refractivity contribution is 6.30. The number of benzene rings is 1. The maximum Gasteiger partial charge on any atom is 0.122 e. The Morgan fingerprint density at radius 3 is 2.55 bits per heavy atom. The molecule has 108 valence electrons. The van der Waals surface area contributed by atoms with Crippen LogP contribution in [-0.4, -0.2) is 35.1 Å². The molecule has 0 spiro atoms. The second-order valence-corrected chi connectivity index (χ2v) is 5.55. The first kappa shape index (κ1) is 15.0. The average molecular weight is 293 g/mol. The Hall–Kier alpha value is -1.36. The lowest BCUT2D eigenvalue weighted by Gasteiger charge is -2.25. The van der Waals surface area contributed by atoms with Gasteiger partial charge in [0, 0.05) is 37.1 Å². The molecule has 0 saturated heterocycles. The van der Waals surface area contributed by atoms with E-state index in [9.17, 15) is 0 Å². The average Bonchev–Trinajstić information content (AvgIpc) is 2.81. The number of likely N-dealkylation sites (N-methyl/N-ethyl adjacent to an activating group) is 1. The fraction of sp³-hybridized carbons (Fsp3) is 0.400. The third-order valence-electron chi connectivity index (χ3n) is 3.42. The van der Waals surface area contributed by atoms with Gasteiger partial charge in [-0.1, -0.05) is 23.7 Å². The Bertz CT molecular complexity index is 533. The summed E-state index contributed by atoms with van der Waals surface area (Å²) < 4.78 is 2.03. The van der Waals surface area contributed by atoms with Gasteiger partial charge < -0.3 is 14.8 Å². The molecule has 1 atom stereocenters. The van der Waals surface area contributed by atoms with Gasteiger partial charge in [-0.05, 0) is 31.8 Å². The molecule has 2 aromatic rings. The SMILES string of the molecule is CN(C)[C@@H](CNCc1nccn1C)c1ccc(Cl)cc1. The molecular weight excluding hydrogens is 272 g/mol. The summed E-state index contributed by atoms with van der Waals surface area (Å²) in [6.07, 6.45) is 3.78. The van der Waals surface area contributed by atoms with Crippen molar-refractivity contribution in [2.75, 3.05) is 20.6 Å². The zero-order valence-electron chi connectivity index (χ0n) is 12.2. The van der Waals surface area contributed by atoms with Gasteiger partial charge in [0.05, 0.1) is 6.54 Å². The number of halogens is 1. The lowest BCUT2D eigenvalue weighted by atomic mass is 10.1. The summed E-state index contributed by atoms with van der Waals surface area (Å²) in [5.41, 5.74) is 1.26. The van der Waals surface area contributed by atoms with E-state index >= 15 is 0 Å². The van der Waals surface area contributed by atoms with Crippen LogP contribution in [0.25, 0.3) is 0 Å². The number of imidazole rings is 1. The molecular formula is C15H21ClN4. The molecule has 0 aliphatic carbocycles. The number of rotatable bonds is 6. The minimum absolute atomic E-state index is 0.313. The second-order valence-electron chi connectivity index (χ2n) is 5.12. The van der Waals surface area contributed by atoms with Crippen LogP contribution < -0.4 is 5.32 Å². The zero-order chi connectivity index (χ0) is 14.5. The summed E-state index contributed by atoms with van der Waals surface area (Å²) in [6.45, 7) is 1.63. The molecule has 0 amide bonds. The van der Waals surface area contributed by atoms with Gasteiger partial charge in [0.2, 0.25) is 0 Å². The molecule has 1 heterocycles. The highest BCUT2D eigenvalue weighted by Crippen LogP contribution is 2.19. The van der Waals surface area contributed by atoms with E-state index in [0.29, 0.717) is 6.04 Å². The van der Waals surface area contributed by atoms with E-state index < -0.39 is 0 Å². The van der Waals surface area contributed by atoms with Crippen molar-refractivity contribution in [1.82, 2.24) is 19.8 Å². The molecule has 0 saturated carbocycles. The van der Waals surface area contributed by atoms with Gasteiger partial charge in [-0.15, -0.1) is 0 Å². The largest absolute Gasteiger partial charge is 0.337 e. The quantitative estimate of drug-likeness (QED) is 0.888. The molecule has 2 rings (SSSR count). The Labute approximate surface area is 125 Å². The van der Waals surface area contributed by atoms with Gasteiger partial charge in [0.25, 0.3) is 0 Å². The van der Waals surface area contributed by atoms with Crippen molar-refractivity contribution in [3.05, 3.63) is 53.1 Å². The highest BCUT2D eigenvalue weighted by atomic mass is 35.5. The summed E-state index contributed by atoms with van der Waals surface area (Å²) >= 11 is 5.94. The second kappa shape index (κ2) is 6.88. The van der Waals surface area contributed by atoms with Gasteiger partial charge in [-0.3, -0.25) is 0 Å². The third kappa shape index (κ3) is 3.82. The minimum Gasteiger partial charge on any atom is -0.337 e. The first-order valence-corrected chi connectivity index (χ1v) is 7.04. The summed E-state index contributed by atoms with van der Waals surface area (Å²) in [5, 5.41) is 4.24. The molecule has 0 unspecified atom stereocenters. The zero-order valence-corrected chi connectivity index (χ0v) is 12.9. The van der Waals surface area contributed by atoms with Crippen LogP contribution in [0, 0.1) is 0 Å². The topological polar surface area (TPSA) is 33.1 Å². The number of nitrogens with one attached hydrogen (secondary N) is 1.